The minimum Gasteiger partial charge on any atom is -0.305 e. The van der Waals surface area contributed by atoms with Gasteiger partial charge in [0.15, 0.2) is 0 Å². The van der Waals surface area contributed by atoms with E-state index < -0.39 is 0 Å². The molecule has 0 aliphatic carbocycles. The number of unbranched alkanes of at least 4 members (excludes halogenated alkanes) is 1. The molecule has 0 saturated carbocycles. The van der Waals surface area contributed by atoms with E-state index in [1.807, 2.05) is 0 Å². The van der Waals surface area contributed by atoms with Crippen molar-refractivity contribution in [3.63, 3.8) is 0 Å². The lowest BCUT2D eigenvalue weighted by Gasteiger charge is -2.14. The summed E-state index contributed by atoms with van der Waals surface area (Å²) in [6.07, 6.45) is 3.15. The van der Waals surface area contributed by atoms with E-state index in [2.05, 4.69) is 59.4 Å². The lowest BCUT2D eigenvalue weighted by molar-refractivity contribution is 0.134. The molecule has 4 aromatic carbocycles. The molecule has 0 fully saturated rings. The number of nitrogens with two attached hydrogens (primary N) is 1. The molecular weight excluding hydrogens is 270 g/mol. The van der Waals surface area contributed by atoms with Crippen LogP contribution in [0.4, 0.5) is 0 Å². The van der Waals surface area contributed by atoms with Crippen LogP contribution in [0.3, 0.4) is 0 Å². The highest BCUT2D eigenvalue weighted by Gasteiger charge is 2.11. The van der Waals surface area contributed by atoms with Crippen molar-refractivity contribution < 1.29 is 4.84 Å². The molecule has 4 rings (SSSR count). The second-order valence-electron chi connectivity index (χ2n) is 5.91. The lowest BCUT2D eigenvalue weighted by atomic mass is 9.90. The predicted molar refractivity (Wildman–Crippen MR) is 93.2 cm³/mol. The van der Waals surface area contributed by atoms with E-state index in [0.717, 1.165) is 19.3 Å². The van der Waals surface area contributed by atoms with Crippen LogP contribution in [0.2, 0.25) is 0 Å². The molecule has 0 radical (unpaired) electrons. The molecule has 0 amide bonds. The van der Waals surface area contributed by atoms with Crippen LogP contribution in [0.15, 0.2) is 54.6 Å². The molecule has 0 unspecified atom stereocenters. The fourth-order valence-electron chi connectivity index (χ4n) is 3.54. The average Bonchev–Trinajstić information content (AvgIpc) is 2.57. The Bertz CT molecular complexity index is 929. The Labute approximate surface area is 129 Å². The Kier molecular flexibility index (Phi) is 3.41. The highest BCUT2D eigenvalue weighted by Crippen LogP contribution is 2.36. The molecule has 0 aliphatic heterocycles. The van der Waals surface area contributed by atoms with E-state index in [0.29, 0.717) is 6.61 Å². The molecule has 0 bridgehead atoms. The maximum absolute atomic E-state index is 5.11. The SMILES string of the molecule is NOCCCCc1cc2cccc3ccc4cccc1c4c32. The zero-order valence-corrected chi connectivity index (χ0v) is 12.5. The first-order chi connectivity index (χ1) is 10.9. The van der Waals surface area contributed by atoms with E-state index in [-0.39, 0.29) is 0 Å². The smallest absolute Gasteiger partial charge is 0.0679 e. The number of hydrogen-bond acceptors (Lipinski definition) is 2. The number of benzene rings is 4. The van der Waals surface area contributed by atoms with Gasteiger partial charge in [0.1, 0.15) is 0 Å². The average molecular weight is 289 g/mol. The summed E-state index contributed by atoms with van der Waals surface area (Å²) in [6.45, 7) is 0.629. The van der Waals surface area contributed by atoms with E-state index in [4.69, 9.17) is 5.90 Å². The standard InChI is InChI=1S/C20H19NO/c21-22-12-2-1-5-16-13-17-8-3-6-14-10-11-15-7-4-9-18(16)20(15)19(14)17/h3-4,6-11,13H,1-2,5,12,21H2. The minimum absolute atomic E-state index is 0.629. The predicted octanol–water partition coefficient (Wildman–Crippen LogP) is 4.80. The molecule has 4 aromatic rings. The Hall–Kier alpha value is -2.16. The molecule has 0 spiro atoms. The van der Waals surface area contributed by atoms with E-state index in [9.17, 15) is 0 Å². The van der Waals surface area contributed by atoms with Gasteiger partial charge in [-0.05, 0) is 57.1 Å². The van der Waals surface area contributed by atoms with Gasteiger partial charge in [-0.25, -0.2) is 5.90 Å². The van der Waals surface area contributed by atoms with Gasteiger partial charge in [-0.2, -0.15) is 0 Å². The fraction of sp³-hybridized carbons (Fsp3) is 0.200. The van der Waals surface area contributed by atoms with Crippen LogP contribution in [0.5, 0.6) is 0 Å². The Morgan fingerprint density at radius 2 is 1.50 bits per heavy atom. The highest BCUT2D eigenvalue weighted by atomic mass is 16.6. The topological polar surface area (TPSA) is 35.2 Å². The van der Waals surface area contributed by atoms with E-state index >= 15 is 0 Å². The van der Waals surface area contributed by atoms with Gasteiger partial charge < -0.3 is 4.84 Å². The van der Waals surface area contributed by atoms with E-state index in [1.165, 1.54) is 37.9 Å². The molecule has 0 aromatic heterocycles. The van der Waals surface area contributed by atoms with Crippen molar-refractivity contribution in [2.75, 3.05) is 6.61 Å². The molecule has 0 aliphatic rings. The number of hydrogen-bond donors (Lipinski definition) is 1. The molecule has 0 heterocycles. The first-order valence-corrected chi connectivity index (χ1v) is 7.85. The fourth-order valence-corrected chi connectivity index (χ4v) is 3.54. The molecule has 0 atom stereocenters. The molecule has 22 heavy (non-hydrogen) atoms. The van der Waals surface area contributed by atoms with E-state index in [1.54, 1.807) is 0 Å². The summed E-state index contributed by atoms with van der Waals surface area (Å²) in [5.74, 6) is 5.11. The molecule has 0 saturated heterocycles. The van der Waals surface area contributed by atoms with Crippen molar-refractivity contribution in [2.24, 2.45) is 5.90 Å². The van der Waals surface area contributed by atoms with Crippen molar-refractivity contribution >= 4 is 32.3 Å². The Morgan fingerprint density at radius 3 is 2.32 bits per heavy atom. The van der Waals surface area contributed by atoms with Gasteiger partial charge in [-0.3, -0.25) is 0 Å². The van der Waals surface area contributed by atoms with Gasteiger partial charge in [-0.1, -0.05) is 54.6 Å². The van der Waals surface area contributed by atoms with Crippen LogP contribution in [0.1, 0.15) is 18.4 Å². The highest BCUT2D eigenvalue weighted by molar-refractivity contribution is 6.23. The zero-order chi connectivity index (χ0) is 14.9. The Balaban J connectivity index is 1.92. The summed E-state index contributed by atoms with van der Waals surface area (Å²) >= 11 is 0. The second kappa shape index (κ2) is 5.56. The van der Waals surface area contributed by atoms with Crippen LogP contribution >= 0.6 is 0 Å². The summed E-state index contributed by atoms with van der Waals surface area (Å²) in [7, 11) is 0. The first kappa shape index (κ1) is 13.5. The van der Waals surface area contributed by atoms with Crippen LogP contribution in [-0.4, -0.2) is 6.61 Å². The molecular formula is C20H19NO. The number of aryl methyl sites for hydroxylation is 1. The molecule has 110 valence electrons. The molecule has 2 nitrogen and oxygen atoms in total. The van der Waals surface area contributed by atoms with Gasteiger partial charge in [-0.15, -0.1) is 0 Å². The van der Waals surface area contributed by atoms with Gasteiger partial charge >= 0.3 is 0 Å². The van der Waals surface area contributed by atoms with Crippen LogP contribution in [0, 0.1) is 0 Å². The lowest BCUT2D eigenvalue weighted by Crippen LogP contribution is -2.01. The van der Waals surface area contributed by atoms with Crippen molar-refractivity contribution in [1.82, 2.24) is 0 Å². The van der Waals surface area contributed by atoms with Crippen LogP contribution in [-0.2, 0) is 11.3 Å². The third-order valence-corrected chi connectivity index (χ3v) is 4.55. The third-order valence-electron chi connectivity index (χ3n) is 4.55. The first-order valence-electron chi connectivity index (χ1n) is 7.85. The summed E-state index contributed by atoms with van der Waals surface area (Å²) in [6, 6.07) is 20.0. The largest absolute Gasteiger partial charge is 0.305 e. The quantitative estimate of drug-likeness (QED) is 0.325. The monoisotopic (exact) mass is 289 g/mol. The van der Waals surface area contributed by atoms with Crippen molar-refractivity contribution in [1.29, 1.82) is 0 Å². The molecule has 2 N–H and O–H groups in total. The van der Waals surface area contributed by atoms with Crippen LogP contribution < -0.4 is 5.90 Å². The maximum Gasteiger partial charge on any atom is 0.0679 e. The zero-order valence-electron chi connectivity index (χ0n) is 12.5. The summed E-state index contributed by atoms with van der Waals surface area (Å²) in [5, 5.41) is 8.17. The summed E-state index contributed by atoms with van der Waals surface area (Å²) in [4.78, 5) is 4.67. The van der Waals surface area contributed by atoms with Crippen LogP contribution in [0.25, 0.3) is 32.3 Å². The third kappa shape index (κ3) is 2.12. The van der Waals surface area contributed by atoms with Gasteiger partial charge in [0.2, 0.25) is 0 Å². The Morgan fingerprint density at radius 1 is 0.773 bits per heavy atom. The maximum atomic E-state index is 5.11. The van der Waals surface area contributed by atoms with Gasteiger partial charge in [0, 0.05) is 0 Å². The normalized spacial score (nSPS) is 11.9. The van der Waals surface area contributed by atoms with Crippen molar-refractivity contribution in [2.45, 2.75) is 19.3 Å². The second-order valence-corrected chi connectivity index (χ2v) is 5.91. The van der Waals surface area contributed by atoms with Crippen molar-refractivity contribution in [3.8, 4) is 0 Å². The summed E-state index contributed by atoms with van der Waals surface area (Å²) in [5.41, 5.74) is 1.42. The minimum atomic E-state index is 0.629. The van der Waals surface area contributed by atoms with Gasteiger partial charge in [0.25, 0.3) is 0 Å². The van der Waals surface area contributed by atoms with Gasteiger partial charge in [0.05, 0.1) is 6.61 Å². The van der Waals surface area contributed by atoms with Crippen molar-refractivity contribution in [3.05, 3.63) is 60.2 Å². The molecule has 2 heteroatoms. The number of rotatable bonds is 5. The summed E-state index contributed by atoms with van der Waals surface area (Å²) < 4.78 is 0.